The quantitative estimate of drug-likeness (QED) is 0.401. The summed E-state index contributed by atoms with van der Waals surface area (Å²) in [5.41, 5.74) is 2.12. The summed E-state index contributed by atoms with van der Waals surface area (Å²) >= 11 is 6.60. The van der Waals surface area contributed by atoms with Crippen LogP contribution in [0.2, 0.25) is 0 Å². The van der Waals surface area contributed by atoms with Crippen molar-refractivity contribution in [3.8, 4) is 0 Å². The van der Waals surface area contributed by atoms with Gasteiger partial charge < -0.3 is 4.90 Å². The molecule has 2 aliphatic heterocycles. The van der Waals surface area contributed by atoms with Crippen LogP contribution in [0, 0.1) is 0 Å². The van der Waals surface area contributed by atoms with Crippen molar-refractivity contribution in [1.29, 1.82) is 0 Å². The van der Waals surface area contributed by atoms with E-state index < -0.39 is 0 Å². The standard InChI is InChI=1S/C25H25N5O2S2/c1-2-29-24(32)20(34-25(29)33)16-19-22(26-21-10-6-7-11-30(21)23(19)31)28-14-12-27(13-15-28)17-18-8-4-3-5-9-18/h3-11,16H,2,12-15,17H2,1H3/b20-16+. The monoisotopic (exact) mass is 491 g/mol. The molecule has 9 heteroatoms. The molecule has 4 heterocycles. The molecule has 0 radical (unpaired) electrons. The first-order valence-electron chi connectivity index (χ1n) is 11.3. The average molecular weight is 492 g/mol. The summed E-state index contributed by atoms with van der Waals surface area (Å²) in [4.78, 5) is 37.8. The zero-order valence-corrected chi connectivity index (χ0v) is 20.5. The topological polar surface area (TPSA) is 61.2 Å². The first-order chi connectivity index (χ1) is 16.5. The Balaban J connectivity index is 1.48. The van der Waals surface area contributed by atoms with Gasteiger partial charge in [-0.25, -0.2) is 4.98 Å². The number of carbonyl (C=O) groups is 1. The lowest BCUT2D eigenvalue weighted by Gasteiger charge is -2.36. The number of anilines is 1. The normalized spacial score (nSPS) is 18.4. The number of thioether (sulfide) groups is 1. The molecule has 34 heavy (non-hydrogen) atoms. The number of nitrogens with zero attached hydrogens (tertiary/aromatic N) is 5. The van der Waals surface area contributed by atoms with E-state index in [1.807, 2.05) is 25.1 Å². The van der Waals surface area contributed by atoms with Crippen molar-refractivity contribution in [3.63, 3.8) is 0 Å². The maximum absolute atomic E-state index is 13.5. The maximum Gasteiger partial charge on any atom is 0.267 e. The van der Waals surface area contributed by atoms with E-state index in [9.17, 15) is 9.59 Å². The first-order valence-corrected chi connectivity index (χ1v) is 12.6. The second-order valence-corrected chi connectivity index (χ2v) is 9.93. The number of likely N-dealkylation sites (N-methyl/N-ethyl adjacent to an activating group) is 1. The predicted molar refractivity (Wildman–Crippen MR) is 141 cm³/mol. The van der Waals surface area contributed by atoms with E-state index in [1.54, 1.807) is 23.2 Å². The Labute approximate surface area is 207 Å². The largest absolute Gasteiger partial charge is 0.353 e. The minimum Gasteiger partial charge on any atom is -0.353 e. The number of rotatable bonds is 5. The van der Waals surface area contributed by atoms with E-state index in [4.69, 9.17) is 17.2 Å². The van der Waals surface area contributed by atoms with Gasteiger partial charge in [0, 0.05) is 45.5 Å². The van der Waals surface area contributed by atoms with E-state index in [1.165, 1.54) is 21.7 Å². The molecule has 7 nitrogen and oxygen atoms in total. The average Bonchev–Trinajstić information content (AvgIpc) is 3.13. The molecule has 174 valence electrons. The zero-order chi connectivity index (χ0) is 23.7. The van der Waals surface area contributed by atoms with Gasteiger partial charge in [0.05, 0.1) is 10.5 Å². The molecule has 2 aromatic heterocycles. The third kappa shape index (κ3) is 4.38. The predicted octanol–water partition coefficient (Wildman–Crippen LogP) is 3.24. The first kappa shape index (κ1) is 22.8. The molecule has 1 amide bonds. The van der Waals surface area contributed by atoms with Crippen LogP contribution < -0.4 is 10.5 Å². The summed E-state index contributed by atoms with van der Waals surface area (Å²) in [6.45, 7) is 6.52. The Hall–Kier alpha value is -3.01. The second kappa shape index (κ2) is 9.69. The van der Waals surface area contributed by atoms with Gasteiger partial charge in [-0.15, -0.1) is 0 Å². The molecule has 2 saturated heterocycles. The lowest BCUT2D eigenvalue weighted by atomic mass is 10.2. The van der Waals surface area contributed by atoms with Gasteiger partial charge in [-0.2, -0.15) is 0 Å². The van der Waals surface area contributed by atoms with Crippen LogP contribution >= 0.6 is 24.0 Å². The summed E-state index contributed by atoms with van der Waals surface area (Å²) in [5.74, 6) is 0.464. The SMILES string of the molecule is CCN1C(=O)/C(=C\c2c(N3CCN(Cc4ccccc4)CC3)nc3ccccn3c2=O)SC1=S. The van der Waals surface area contributed by atoms with Crippen LogP contribution in [0.1, 0.15) is 18.1 Å². The van der Waals surface area contributed by atoms with Crippen molar-refractivity contribution < 1.29 is 4.79 Å². The van der Waals surface area contributed by atoms with E-state index >= 15 is 0 Å². The third-order valence-corrected chi connectivity index (χ3v) is 7.51. The molecule has 3 aromatic rings. The fourth-order valence-corrected chi connectivity index (χ4v) is 5.69. The Morgan fingerprint density at radius 2 is 1.76 bits per heavy atom. The highest BCUT2D eigenvalue weighted by Gasteiger charge is 2.32. The van der Waals surface area contributed by atoms with Crippen molar-refractivity contribution >= 4 is 51.7 Å². The second-order valence-electron chi connectivity index (χ2n) is 8.26. The van der Waals surface area contributed by atoms with Crippen molar-refractivity contribution in [2.75, 3.05) is 37.6 Å². The van der Waals surface area contributed by atoms with Gasteiger partial charge in [-0.05, 0) is 30.7 Å². The van der Waals surface area contributed by atoms with Crippen molar-refractivity contribution in [1.82, 2.24) is 19.2 Å². The number of piperazine rings is 1. The van der Waals surface area contributed by atoms with Gasteiger partial charge in [0.25, 0.3) is 11.5 Å². The summed E-state index contributed by atoms with van der Waals surface area (Å²) in [5, 5.41) is 0. The highest BCUT2D eigenvalue weighted by Crippen LogP contribution is 2.33. The van der Waals surface area contributed by atoms with Crippen LogP contribution in [-0.4, -0.2) is 62.1 Å². The van der Waals surface area contributed by atoms with Crippen LogP contribution in [0.3, 0.4) is 0 Å². The Kier molecular flexibility index (Phi) is 6.49. The summed E-state index contributed by atoms with van der Waals surface area (Å²) in [7, 11) is 0. The van der Waals surface area contributed by atoms with Crippen molar-refractivity contribution in [2.45, 2.75) is 13.5 Å². The number of benzene rings is 1. The molecule has 0 saturated carbocycles. The lowest BCUT2D eigenvalue weighted by Crippen LogP contribution is -2.47. The smallest absolute Gasteiger partial charge is 0.267 e. The number of aromatic nitrogens is 2. The van der Waals surface area contributed by atoms with Crippen LogP contribution in [-0.2, 0) is 11.3 Å². The number of hydrogen-bond donors (Lipinski definition) is 0. The molecule has 5 rings (SSSR count). The molecule has 0 bridgehead atoms. The number of carbonyl (C=O) groups excluding carboxylic acids is 1. The maximum atomic E-state index is 13.5. The van der Waals surface area contributed by atoms with Gasteiger partial charge in [0.2, 0.25) is 0 Å². The minimum atomic E-state index is -0.186. The number of thiocarbonyl (C=S) groups is 1. The molecule has 2 fully saturated rings. The van der Waals surface area contributed by atoms with Gasteiger partial charge in [0.1, 0.15) is 15.8 Å². The number of pyridine rings is 1. The molecule has 0 unspecified atom stereocenters. The molecule has 0 N–H and O–H groups in total. The Morgan fingerprint density at radius 1 is 1.03 bits per heavy atom. The fourth-order valence-electron chi connectivity index (χ4n) is 4.32. The van der Waals surface area contributed by atoms with Crippen LogP contribution in [0.25, 0.3) is 11.7 Å². The Morgan fingerprint density at radius 3 is 2.47 bits per heavy atom. The van der Waals surface area contributed by atoms with Crippen molar-refractivity contribution in [2.24, 2.45) is 0 Å². The van der Waals surface area contributed by atoms with Gasteiger partial charge in [-0.3, -0.25) is 23.8 Å². The highest BCUT2D eigenvalue weighted by molar-refractivity contribution is 8.26. The molecule has 1 aromatic carbocycles. The van der Waals surface area contributed by atoms with Gasteiger partial charge in [-0.1, -0.05) is 60.4 Å². The van der Waals surface area contributed by atoms with E-state index in [2.05, 4.69) is 34.1 Å². The highest BCUT2D eigenvalue weighted by atomic mass is 32.2. The summed E-state index contributed by atoms with van der Waals surface area (Å²) < 4.78 is 2.05. The van der Waals surface area contributed by atoms with E-state index in [0.717, 1.165) is 32.7 Å². The number of fused-ring (bicyclic) bond motifs is 1. The fraction of sp³-hybridized carbons (Fsp3) is 0.280. The molecule has 2 aliphatic rings. The van der Waals surface area contributed by atoms with E-state index in [0.29, 0.717) is 32.8 Å². The Bertz CT molecular complexity index is 1330. The third-order valence-electron chi connectivity index (χ3n) is 6.14. The molecule has 0 spiro atoms. The number of hydrogen-bond acceptors (Lipinski definition) is 7. The van der Waals surface area contributed by atoms with Crippen LogP contribution in [0.4, 0.5) is 5.82 Å². The number of amides is 1. The zero-order valence-electron chi connectivity index (χ0n) is 18.9. The molecule has 0 atom stereocenters. The van der Waals surface area contributed by atoms with Gasteiger partial charge in [0.15, 0.2) is 0 Å². The molecular formula is C25H25N5O2S2. The lowest BCUT2D eigenvalue weighted by molar-refractivity contribution is -0.121. The molecule has 0 aliphatic carbocycles. The van der Waals surface area contributed by atoms with E-state index in [-0.39, 0.29) is 11.5 Å². The minimum absolute atomic E-state index is 0.159. The van der Waals surface area contributed by atoms with Crippen molar-refractivity contribution in [3.05, 3.63) is 81.1 Å². The molecular weight excluding hydrogens is 466 g/mol. The van der Waals surface area contributed by atoms with Crippen LogP contribution in [0.5, 0.6) is 0 Å². The summed E-state index contributed by atoms with van der Waals surface area (Å²) in [6, 6.07) is 15.9. The summed E-state index contributed by atoms with van der Waals surface area (Å²) in [6.07, 6.45) is 3.39. The van der Waals surface area contributed by atoms with Crippen LogP contribution in [0.15, 0.2) is 64.4 Å². The van der Waals surface area contributed by atoms with Gasteiger partial charge >= 0.3 is 0 Å².